The van der Waals surface area contributed by atoms with E-state index in [1.54, 1.807) is 20.8 Å². The van der Waals surface area contributed by atoms with Crippen molar-refractivity contribution in [2.45, 2.75) is 65.4 Å². The highest BCUT2D eigenvalue weighted by Gasteiger charge is 2.54. The number of ketones is 1. The number of aromatic amines is 1. The number of carbonyl (C=O) groups is 4. The van der Waals surface area contributed by atoms with Gasteiger partial charge in [-0.1, -0.05) is 20.8 Å². The summed E-state index contributed by atoms with van der Waals surface area (Å²) >= 11 is 0. The highest BCUT2D eigenvalue weighted by Crippen LogP contribution is 2.40. The molecular formula is C21H27N5O8. The maximum Gasteiger partial charge on any atom is 0.303 e. The molecule has 0 saturated carbocycles. The lowest BCUT2D eigenvalue weighted by Crippen LogP contribution is -2.42. The van der Waals surface area contributed by atoms with Gasteiger partial charge in [-0.2, -0.15) is 4.98 Å². The molecule has 0 unspecified atom stereocenters. The Balaban J connectivity index is 2.12. The van der Waals surface area contributed by atoms with Crippen molar-refractivity contribution in [1.29, 1.82) is 0 Å². The van der Waals surface area contributed by atoms with E-state index in [2.05, 4.69) is 20.3 Å². The van der Waals surface area contributed by atoms with Crippen LogP contribution in [-0.4, -0.2) is 62.0 Å². The van der Waals surface area contributed by atoms with Gasteiger partial charge < -0.3 is 14.2 Å². The summed E-state index contributed by atoms with van der Waals surface area (Å²) in [6.07, 6.45) is -0.742. The lowest BCUT2D eigenvalue weighted by molar-refractivity contribution is -0.168. The molecule has 13 heteroatoms. The fourth-order valence-electron chi connectivity index (χ4n) is 3.69. The molecule has 0 bridgehead atoms. The predicted molar refractivity (Wildman–Crippen MR) is 117 cm³/mol. The van der Waals surface area contributed by atoms with Crippen molar-refractivity contribution < 1.29 is 33.4 Å². The van der Waals surface area contributed by atoms with E-state index in [9.17, 15) is 24.0 Å². The maximum absolute atomic E-state index is 13.2. The lowest BCUT2D eigenvalue weighted by atomic mass is 9.99. The molecule has 13 nitrogen and oxygen atoms in total. The minimum Gasteiger partial charge on any atom is -0.463 e. The number of nitrogens with zero attached hydrogens (tertiary/aromatic N) is 3. The molecular weight excluding hydrogens is 450 g/mol. The SMILES string of the molecule is CCC(=O)[C@]1(n2cnc3c(=O)[nH]c(NC(=O)C(C)C)nc32)C[C@H](OC(C)=O)[C@@H](COC(C)=O)O1. The lowest BCUT2D eigenvalue weighted by Gasteiger charge is -2.29. The van der Waals surface area contributed by atoms with Gasteiger partial charge in [-0.3, -0.25) is 38.8 Å². The summed E-state index contributed by atoms with van der Waals surface area (Å²) in [5.41, 5.74) is -2.47. The topological polar surface area (TPSA) is 172 Å². The molecule has 2 N–H and O–H groups in total. The maximum atomic E-state index is 13.2. The first-order chi connectivity index (χ1) is 16.0. The number of amides is 1. The van der Waals surface area contributed by atoms with Crippen molar-refractivity contribution in [2.75, 3.05) is 11.9 Å². The number of anilines is 1. The van der Waals surface area contributed by atoms with E-state index in [1.165, 1.54) is 24.7 Å². The molecule has 0 spiro atoms. The number of hydrogen-bond acceptors (Lipinski definition) is 10. The number of Topliss-reactive ketones (excluding diaryl/α,β-unsaturated/α-hetero) is 1. The van der Waals surface area contributed by atoms with Gasteiger partial charge in [0.2, 0.25) is 17.6 Å². The molecule has 3 rings (SSSR count). The molecule has 0 radical (unpaired) electrons. The Morgan fingerprint density at radius 1 is 1.29 bits per heavy atom. The van der Waals surface area contributed by atoms with Gasteiger partial charge in [0.25, 0.3) is 5.56 Å². The summed E-state index contributed by atoms with van der Waals surface area (Å²) in [5.74, 6) is -2.45. The zero-order valence-corrected chi connectivity index (χ0v) is 19.5. The van der Waals surface area contributed by atoms with Crippen LogP contribution in [0.5, 0.6) is 0 Å². The normalized spacial score (nSPS) is 22.1. The van der Waals surface area contributed by atoms with Crippen LogP contribution < -0.4 is 10.9 Å². The second-order valence-electron chi connectivity index (χ2n) is 8.22. The zero-order chi connectivity index (χ0) is 25.2. The molecule has 3 atom stereocenters. The van der Waals surface area contributed by atoms with Crippen molar-refractivity contribution in [1.82, 2.24) is 19.5 Å². The van der Waals surface area contributed by atoms with Gasteiger partial charge >= 0.3 is 11.9 Å². The average Bonchev–Trinajstić information content (AvgIpc) is 3.34. The van der Waals surface area contributed by atoms with Gasteiger partial charge in [-0.15, -0.1) is 0 Å². The molecule has 3 heterocycles. The van der Waals surface area contributed by atoms with Gasteiger partial charge in [0.05, 0.1) is 0 Å². The average molecular weight is 477 g/mol. The summed E-state index contributed by atoms with van der Waals surface area (Å²) in [6, 6.07) is 0. The molecule has 184 valence electrons. The predicted octanol–water partition coefficient (Wildman–Crippen LogP) is 0.630. The van der Waals surface area contributed by atoms with Crippen LogP contribution in [0.1, 0.15) is 47.5 Å². The van der Waals surface area contributed by atoms with Crippen LogP contribution in [0, 0.1) is 5.92 Å². The van der Waals surface area contributed by atoms with Gasteiger partial charge in [-0.25, -0.2) is 4.98 Å². The molecule has 1 amide bonds. The Morgan fingerprint density at radius 3 is 2.59 bits per heavy atom. The summed E-state index contributed by atoms with van der Waals surface area (Å²) in [7, 11) is 0. The van der Waals surface area contributed by atoms with E-state index in [4.69, 9.17) is 14.2 Å². The quantitative estimate of drug-likeness (QED) is 0.514. The van der Waals surface area contributed by atoms with E-state index in [-0.39, 0.29) is 48.4 Å². The number of carbonyl (C=O) groups excluding carboxylic acids is 4. The number of nitrogens with one attached hydrogen (secondary N) is 2. The fraction of sp³-hybridized carbons (Fsp3) is 0.571. The molecule has 1 aliphatic rings. The number of ether oxygens (including phenoxy) is 3. The van der Waals surface area contributed by atoms with Crippen LogP contribution in [0.4, 0.5) is 5.95 Å². The number of esters is 2. The molecule has 0 aliphatic carbocycles. The highest BCUT2D eigenvalue weighted by molar-refractivity contribution is 5.91. The van der Waals surface area contributed by atoms with E-state index >= 15 is 0 Å². The van der Waals surface area contributed by atoms with Crippen molar-refractivity contribution >= 4 is 40.7 Å². The van der Waals surface area contributed by atoms with Crippen LogP contribution in [0.3, 0.4) is 0 Å². The van der Waals surface area contributed by atoms with Crippen molar-refractivity contribution in [3.05, 3.63) is 16.7 Å². The number of aromatic nitrogens is 4. The smallest absolute Gasteiger partial charge is 0.303 e. The van der Waals surface area contributed by atoms with Crippen LogP contribution in [0.25, 0.3) is 11.2 Å². The molecule has 0 aromatic carbocycles. The van der Waals surface area contributed by atoms with Crippen molar-refractivity contribution in [2.24, 2.45) is 5.92 Å². The van der Waals surface area contributed by atoms with Gasteiger partial charge in [0, 0.05) is 32.6 Å². The summed E-state index contributed by atoms with van der Waals surface area (Å²) in [5, 5.41) is 2.51. The fourth-order valence-corrected chi connectivity index (χ4v) is 3.69. The number of imidazole rings is 1. The number of hydrogen-bond donors (Lipinski definition) is 2. The molecule has 1 fully saturated rings. The van der Waals surface area contributed by atoms with Crippen LogP contribution in [0.2, 0.25) is 0 Å². The largest absolute Gasteiger partial charge is 0.463 e. The minimum atomic E-state index is -1.74. The van der Waals surface area contributed by atoms with Crippen LogP contribution >= 0.6 is 0 Å². The first kappa shape index (κ1) is 25.0. The molecule has 2 aromatic rings. The Kier molecular flexibility index (Phi) is 7.15. The third kappa shape index (κ3) is 4.83. The Hall–Kier alpha value is -3.61. The first-order valence-corrected chi connectivity index (χ1v) is 10.8. The molecule has 2 aromatic heterocycles. The monoisotopic (exact) mass is 477 g/mol. The number of fused-ring (bicyclic) bond motifs is 1. The van der Waals surface area contributed by atoms with E-state index in [0.29, 0.717) is 0 Å². The minimum absolute atomic E-state index is 0.0145. The second-order valence-corrected chi connectivity index (χ2v) is 8.22. The van der Waals surface area contributed by atoms with Crippen molar-refractivity contribution in [3.63, 3.8) is 0 Å². The number of H-pyrrole nitrogens is 1. The van der Waals surface area contributed by atoms with Crippen molar-refractivity contribution in [3.8, 4) is 0 Å². The summed E-state index contributed by atoms with van der Waals surface area (Å²) < 4.78 is 17.8. The Bertz CT molecular complexity index is 1190. The van der Waals surface area contributed by atoms with E-state index < -0.39 is 41.2 Å². The number of rotatable bonds is 8. The zero-order valence-electron chi connectivity index (χ0n) is 19.5. The van der Waals surface area contributed by atoms with Gasteiger partial charge in [0.15, 0.2) is 16.9 Å². The van der Waals surface area contributed by atoms with Gasteiger partial charge in [-0.05, 0) is 0 Å². The van der Waals surface area contributed by atoms with E-state index in [1.807, 2.05) is 0 Å². The second kappa shape index (κ2) is 9.71. The molecule has 34 heavy (non-hydrogen) atoms. The Morgan fingerprint density at radius 2 is 2.00 bits per heavy atom. The van der Waals surface area contributed by atoms with Crippen LogP contribution in [-0.2, 0) is 39.1 Å². The van der Waals surface area contributed by atoms with Crippen LogP contribution in [0.15, 0.2) is 11.1 Å². The molecule has 1 saturated heterocycles. The van der Waals surface area contributed by atoms with Gasteiger partial charge in [0.1, 0.15) is 25.1 Å². The standard InChI is InChI=1S/C21H27N5O8/c1-6-15(29)21(7-13(33-12(5)28)14(34-21)8-32-11(4)27)26-9-22-16-17(26)23-20(25-19(16)31)24-18(30)10(2)3/h9-10,13-14H,6-8H2,1-5H3,(H2,23,24,25,30,31)/t13-,14+,21-/m0/s1. The summed E-state index contributed by atoms with van der Waals surface area (Å²) in [6.45, 7) is 7.14. The van der Waals surface area contributed by atoms with E-state index in [0.717, 1.165) is 0 Å². The third-order valence-corrected chi connectivity index (χ3v) is 5.33. The Labute approximate surface area is 194 Å². The molecule has 1 aliphatic heterocycles. The first-order valence-electron chi connectivity index (χ1n) is 10.8. The highest BCUT2D eigenvalue weighted by atomic mass is 16.6. The third-order valence-electron chi connectivity index (χ3n) is 5.33. The summed E-state index contributed by atoms with van der Waals surface area (Å²) in [4.78, 5) is 71.8.